The first kappa shape index (κ1) is 31.2. The molecule has 0 N–H and O–H groups in total. The molecule has 4 rings (SSSR count). The summed E-state index contributed by atoms with van der Waals surface area (Å²) in [6.45, 7) is 14.9. The second kappa shape index (κ2) is 13.9. The second-order valence-electron chi connectivity index (χ2n) is 15.5. The van der Waals surface area contributed by atoms with E-state index in [2.05, 4.69) is 47.6 Å². The molecule has 3 fully saturated rings. The largest absolute Gasteiger partial charge is 0.462 e. The van der Waals surface area contributed by atoms with Gasteiger partial charge in [-0.1, -0.05) is 111 Å². The Morgan fingerprint density at radius 3 is 2.38 bits per heavy atom. The van der Waals surface area contributed by atoms with Gasteiger partial charge in [0, 0.05) is 12.8 Å². The number of carbonyl (C=O) groups is 1. The third kappa shape index (κ3) is 7.17. The summed E-state index contributed by atoms with van der Waals surface area (Å²) in [6, 6.07) is 0. The minimum atomic E-state index is 0.0550. The fraction of sp³-hybridized carbons (Fsp3) is 0.919. The van der Waals surface area contributed by atoms with Crippen molar-refractivity contribution in [1.82, 2.24) is 0 Å². The number of ether oxygens (including phenoxy) is 1. The van der Waals surface area contributed by atoms with E-state index in [4.69, 9.17) is 4.74 Å². The average Bonchev–Trinajstić information content (AvgIpc) is 3.25. The van der Waals surface area contributed by atoms with Crippen LogP contribution in [-0.2, 0) is 9.53 Å². The standard InChI is InChI=1S/C37H64O2/c1-7-8-9-10-11-12-13-17-35(38)39-30-22-24-36(5)29(26-30)18-19-31-33-21-20-32(28(4)16-14-15-27(2)3)37(33,6)25-23-34(31)36/h18,27-28,30-34H,7-17,19-26H2,1-6H3/t28?,30?,31?,32?,33?,34?,36-,37+/m0/s1. The lowest BCUT2D eigenvalue weighted by Gasteiger charge is -2.58. The summed E-state index contributed by atoms with van der Waals surface area (Å²) in [6.07, 6.45) is 26.7. The van der Waals surface area contributed by atoms with Gasteiger partial charge < -0.3 is 4.74 Å². The molecule has 4 aliphatic rings. The van der Waals surface area contributed by atoms with Gasteiger partial charge in [0.1, 0.15) is 6.10 Å². The number of fused-ring (bicyclic) bond motifs is 5. The van der Waals surface area contributed by atoms with Gasteiger partial charge in [-0.05, 0) is 97.7 Å². The lowest BCUT2D eigenvalue weighted by Crippen LogP contribution is -2.51. The van der Waals surface area contributed by atoms with Crippen molar-refractivity contribution in [2.75, 3.05) is 0 Å². The molecule has 0 spiro atoms. The van der Waals surface area contributed by atoms with Gasteiger partial charge in [-0.25, -0.2) is 0 Å². The molecule has 0 amide bonds. The Morgan fingerprint density at radius 2 is 1.64 bits per heavy atom. The number of rotatable bonds is 14. The van der Waals surface area contributed by atoms with Crippen LogP contribution in [-0.4, -0.2) is 12.1 Å². The number of hydrogen-bond donors (Lipinski definition) is 0. The summed E-state index contributed by atoms with van der Waals surface area (Å²) < 4.78 is 6.06. The van der Waals surface area contributed by atoms with Crippen molar-refractivity contribution in [1.29, 1.82) is 0 Å². The molecule has 0 aliphatic heterocycles. The third-order valence-electron chi connectivity index (χ3n) is 12.5. The van der Waals surface area contributed by atoms with Crippen molar-refractivity contribution in [3.05, 3.63) is 11.6 Å². The zero-order chi connectivity index (χ0) is 28.0. The highest BCUT2D eigenvalue weighted by molar-refractivity contribution is 5.69. The van der Waals surface area contributed by atoms with Gasteiger partial charge >= 0.3 is 5.97 Å². The van der Waals surface area contributed by atoms with Gasteiger partial charge in [-0.15, -0.1) is 0 Å². The zero-order valence-corrected chi connectivity index (χ0v) is 26.9. The number of hydrogen-bond acceptors (Lipinski definition) is 2. The molecule has 0 aromatic heterocycles. The van der Waals surface area contributed by atoms with Gasteiger partial charge in [0.05, 0.1) is 0 Å². The molecule has 4 aliphatic carbocycles. The molecule has 0 radical (unpaired) electrons. The maximum absolute atomic E-state index is 12.6. The summed E-state index contributed by atoms with van der Waals surface area (Å²) in [4.78, 5) is 12.6. The number of unbranched alkanes of at least 4 members (excludes halogenated alkanes) is 6. The van der Waals surface area contributed by atoms with Gasteiger partial charge in [0.15, 0.2) is 0 Å². The normalized spacial score (nSPS) is 36.6. The van der Waals surface area contributed by atoms with Crippen molar-refractivity contribution in [2.45, 2.75) is 170 Å². The maximum atomic E-state index is 12.6. The summed E-state index contributed by atoms with van der Waals surface area (Å²) in [5.41, 5.74) is 2.54. The van der Waals surface area contributed by atoms with Gasteiger partial charge in [-0.2, -0.15) is 0 Å². The molecule has 0 aromatic carbocycles. The topological polar surface area (TPSA) is 26.3 Å². The molecular weight excluding hydrogens is 476 g/mol. The van der Waals surface area contributed by atoms with Gasteiger partial charge in [0.2, 0.25) is 0 Å². The second-order valence-corrected chi connectivity index (χ2v) is 15.5. The van der Waals surface area contributed by atoms with E-state index in [-0.39, 0.29) is 12.1 Å². The Balaban J connectivity index is 1.29. The van der Waals surface area contributed by atoms with Crippen LogP contribution in [0.5, 0.6) is 0 Å². The van der Waals surface area contributed by atoms with Crippen LogP contribution in [0.25, 0.3) is 0 Å². The Labute approximate surface area is 242 Å². The van der Waals surface area contributed by atoms with Crippen LogP contribution in [0.3, 0.4) is 0 Å². The highest BCUT2D eigenvalue weighted by atomic mass is 16.5. The Morgan fingerprint density at radius 1 is 0.897 bits per heavy atom. The third-order valence-corrected chi connectivity index (χ3v) is 12.5. The fourth-order valence-electron chi connectivity index (χ4n) is 10.2. The molecule has 0 aromatic rings. The molecule has 0 bridgehead atoms. The number of allylic oxidation sites excluding steroid dienone is 1. The fourth-order valence-corrected chi connectivity index (χ4v) is 10.2. The molecule has 2 nitrogen and oxygen atoms in total. The van der Waals surface area contributed by atoms with E-state index >= 15 is 0 Å². The molecule has 3 saturated carbocycles. The first-order valence-corrected chi connectivity index (χ1v) is 17.6. The minimum absolute atomic E-state index is 0.0550. The Hall–Kier alpha value is -0.790. The molecule has 2 heteroatoms. The van der Waals surface area contributed by atoms with Gasteiger partial charge in [-0.3, -0.25) is 4.79 Å². The molecule has 6 unspecified atom stereocenters. The SMILES string of the molecule is CCCCCCCCCC(=O)OC1CC[C@@]2(C)C(=CCC3C4CCC(C(C)CCCC(C)C)[C@@]4(C)CCC32)C1. The summed E-state index contributed by atoms with van der Waals surface area (Å²) in [5.74, 6) is 5.34. The predicted molar refractivity (Wildman–Crippen MR) is 166 cm³/mol. The lowest BCUT2D eigenvalue weighted by molar-refractivity contribution is -0.151. The first-order chi connectivity index (χ1) is 18.7. The van der Waals surface area contributed by atoms with Crippen LogP contribution in [0.1, 0.15) is 164 Å². The number of esters is 1. The van der Waals surface area contributed by atoms with Crippen molar-refractivity contribution in [3.63, 3.8) is 0 Å². The van der Waals surface area contributed by atoms with Crippen LogP contribution in [0.15, 0.2) is 11.6 Å². The minimum Gasteiger partial charge on any atom is -0.462 e. The molecule has 224 valence electrons. The van der Waals surface area contributed by atoms with Crippen molar-refractivity contribution in [3.8, 4) is 0 Å². The number of carbonyl (C=O) groups excluding carboxylic acids is 1. The monoisotopic (exact) mass is 540 g/mol. The first-order valence-electron chi connectivity index (χ1n) is 17.6. The molecule has 8 atom stereocenters. The highest BCUT2D eigenvalue weighted by Crippen LogP contribution is 2.67. The van der Waals surface area contributed by atoms with E-state index in [9.17, 15) is 4.79 Å². The Kier molecular flexibility index (Phi) is 11.1. The van der Waals surface area contributed by atoms with Crippen LogP contribution < -0.4 is 0 Å². The zero-order valence-electron chi connectivity index (χ0n) is 26.9. The summed E-state index contributed by atoms with van der Waals surface area (Å²) in [5, 5.41) is 0. The Bertz CT molecular complexity index is 812. The van der Waals surface area contributed by atoms with Crippen molar-refractivity contribution < 1.29 is 9.53 Å². The highest BCUT2D eigenvalue weighted by Gasteiger charge is 2.59. The van der Waals surface area contributed by atoms with Crippen molar-refractivity contribution in [2.24, 2.45) is 46.3 Å². The van der Waals surface area contributed by atoms with Crippen LogP contribution in [0, 0.1) is 46.3 Å². The average molecular weight is 541 g/mol. The van der Waals surface area contributed by atoms with E-state index in [0.29, 0.717) is 17.3 Å². The van der Waals surface area contributed by atoms with E-state index in [0.717, 1.165) is 54.8 Å². The van der Waals surface area contributed by atoms with E-state index < -0.39 is 0 Å². The summed E-state index contributed by atoms with van der Waals surface area (Å²) >= 11 is 0. The van der Waals surface area contributed by atoms with E-state index in [1.807, 2.05) is 0 Å². The van der Waals surface area contributed by atoms with Crippen LogP contribution in [0.4, 0.5) is 0 Å². The van der Waals surface area contributed by atoms with Crippen LogP contribution >= 0.6 is 0 Å². The molecule has 0 heterocycles. The summed E-state index contributed by atoms with van der Waals surface area (Å²) in [7, 11) is 0. The lowest BCUT2D eigenvalue weighted by atomic mass is 9.47. The quantitative estimate of drug-likeness (QED) is 0.124. The van der Waals surface area contributed by atoms with Crippen molar-refractivity contribution >= 4 is 5.97 Å². The van der Waals surface area contributed by atoms with E-state index in [1.165, 1.54) is 96.3 Å². The van der Waals surface area contributed by atoms with Gasteiger partial charge in [0.25, 0.3) is 0 Å². The van der Waals surface area contributed by atoms with E-state index in [1.54, 1.807) is 5.57 Å². The van der Waals surface area contributed by atoms with Crippen LogP contribution in [0.2, 0.25) is 0 Å². The smallest absolute Gasteiger partial charge is 0.306 e. The predicted octanol–water partition coefficient (Wildman–Crippen LogP) is 11.1. The molecule has 0 saturated heterocycles. The molecule has 39 heavy (non-hydrogen) atoms. The molecular formula is C37H64O2. The maximum Gasteiger partial charge on any atom is 0.306 e.